The Bertz CT molecular complexity index is 765. The van der Waals surface area contributed by atoms with Crippen LogP contribution in [0.2, 0.25) is 0 Å². The van der Waals surface area contributed by atoms with Crippen LogP contribution in [0, 0.1) is 5.41 Å². The second kappa shape index (κ2) is 6.13. The Morgan fingerprint density at radius 1 is 1.31 bits per heavy atom. The molecule has 0 aromatic heterocycles. The van der Waals surface area contributed by atoms with Gasteiger partial charge in [0.1, 0.15) is 5.75 Å². The van der Waals surface area contributed by atoms with Crippen LogP contribution < -0.4 is 15.4 Å². The predicted molar refractivity (Wildman–Crippen MR) is 94.0 cm³/mol. The van der Waals surface area contributed by atoms with Crippen molar-refractivity contribution in [3.8, 4) is 5.75 Å². The lowest BCUT2D eigenvalue weighted by atomic mass is 9.61. The Balaban J connectivity index is 1.80. The first kappa shape index (κ1) is 17.6. The van der Waals surface area contributed by atoms with Gasteiger partial charge in [-0.1, -0.05) is 6.07 Å². The van der Waals surface area contributed by atoms with E-state index in [-0.39, 0.29) is 28.3 Å². The summed E-state index contributed by atoms with van der Waals surface area (Å²) in [6.07, 6.45) is 4.12. The zero-order valence-corrected chi connectivity index (χ0v) is 15.1. The number of amides is 1. The van der Waals surface area contributed by atoms with Gasteiger partial charge < -0.3 is 20.1 Å². The van der Waals surface area contributed by atoms with Gasteiger partial charge in [-0.2, -0.15) is 8.78 Å². The summed E-state index contributed by atoms with van der Waals surface area (Å²) in [5.74, 6) is -0.167. The number of thiocarbonyl (C=S) groups is 1. The zero-order valence-electron chi connectivity index (χ0n) is 14.3. The van der Waals surface area contributed by atoms with Gasteiger partial charge in [-0.05, 0) is 67.6 Å². The van der Waals surface area contributed by atoms with E-state index in [0.29, 0.717) is 12.0 Å². The van der Waals surface area contributed by atoms with Crippen molar-refractivity contribution in [3.63, 3.8) is 0 Å². The number of hydrogen-bond acceptors (Lipinski definition) is 4. The molecule has 1 atom stereocenters. The zero-order chi connectivity index (χ0) is 18.5. The van der Waals surface area contributed by atoms with Gasteiger partial charge in [-0.25, -0.2) is 0 Å². The first-order valence-electron chi connectivity index (χ1n) is 8.65. The highest BCUT2D eigenvalue weighted by molar-refractivity contribution is 7.80. The minimum Gasteiger partial charge on any atom is -0.435 e. The molecule has 1 saturated heterocycles. The van der Waals surface area contributed by atoms with Crippen LogP contribution in [0.1, 0.15) is 36.8 Å². The second-order valence-corrected chi connectivity index (χ2v) is 7.66. The standard InChI is InChI=1S/C18H20F2N2O3S/c1-24-11-4-6-17(7-5-11)9-10-2-3-12(25-15(19)20)8-13(10)18(17)14(23)21-16(26)22-18/h2-3,8,11,15H,4-7,9H2,1H3,(H2,21,22,23,26). The predicted octanol–water partition coefficient (Wildman–Crippen LogP) is 2.62. The number of benzene rings is 1. The summed E-state index contributed by atoms with van der Waals surface area (Å²) in [6, 6.07) is 4.87. The molecule has 0 bridgehead atoms. The van der Waals surface area contributed by atoms with Gasteiger partial charge in [0.2, 0.25) is 0 Å². The van der Waals surface area contributed by atoms with E-state index in [4.69, 9.17) is 17.0 Å². The fraction of sp³-hybridized carbons (Fsp3) is 0.556. The molecular formula is C18H20F2N2O3S. The quantitative estimate of drug-likeness (QED) is 0.787. The molecule has 5 nitrogen and oxygen atoms in total. The van der Waals surface area contributed by atoms with Crippen molar-refractivity contribution in [2.45, 2.75) is 50.4 Å². The summed E-state index contributed by atoms with van der Waals surface area (Å²) >= 11 is 5.22. The number of halogens is 2. The largest absolute Gasteiger partial charge is 0.435 e. The molecule has 2 fully saturated rings. The molecule has 3 aliphatic rings. The van der Waals surface area contributed by atoms with E-state index < -0.39 is 12.2 Å². The Kier molecular flexibility index (Phi) is 4.15. The van der Waals surface area contributed by atoms with Crippen LogP contribution in [0.4, 0.5) is 8.78 Å². The van der Waals surface area contributed by atoms with E-state index >= 15 is 0 Å². The molecule has 1 heterocycles. The van der Waals surface area contributed by atoms with Crippen LogP contribution in [0.3, 0.4) is 0 Å². The highest BCUT2D eigenvalue weighted by Gasteiger charge is 2.65. The van der Waals surface area contributed by atoms with E-state index in [1.165, 1.54) is 6.07 Å². The third-order valence-corrected chi connectivity index (χ3v) is 6.33. The molecule has 2 spiro atoms. The monoisotopic (exact) mass is 382 g/mol. The highest BCUT2D eigenvalue weighted by Crippen LogP contribution is 2.59. The Morgan fingerprint density at radius 3 is 2.62 bits per heavy atom. The average Bonchev–Trinajstić information content (AvgIpc) is 3.04. The molecule has 1 unspecified atom stereocenters. The number of nitrogens with one attached hydrogen (secondary N) is 2. The molecule has 1 saturated carbocycles. The maximum Gasteiger partial charge on any atom is 0.387 e. The molecule has 8 heteroatoms. The number of hydrogen-bond donors (Lipinski definition) is 2. The molecular weight excluding hydrogens is 362 g/mol. The van der Waals surface area contributed by atoms with Gasteiger partial charge in [0.25, 0.3) is 5.91 Å². The minimum absolute atomic E-state index is 0.0492. The van der Waals surface area contributed by atoms with Gasteiger partial charge in [0, 0.05) is 12.5 Å². The average molecular weight is 382 g/mol. The van der Waals surface area contributed by atoms with Gasteiger partial charge >= 0.3 is 6.61 Å². The number of fused-ring (bicyclic) bond motifs is 3. The van der Waals surface area contributed by atoms with Crippen molar-refractivity contribution >= 4 is 23.2 Å². The van der Waals surface area contributed by atoms with Crippen LogP contribution in [0.15, 0.2) is 18.2 Å². The van der Waals surface area contributed by atoms with Gasteiger partial charge in [0.15, 0.2) is 10.7 Å². The molecule has 4 rings (SSSR count). The lowest BCUT2D eigenvalue weighted by Crippen LogP contribution is -2.56. The van der Waals surface area contributed by atoms with Crippen LogP contribution >= 0.6 is 12.2 Å². The topological polar surface area (TPSA) is 59.6 Å². The summed E-state index contributed by atoms with van der Waals surface area (Å²) < 4.78 is 35.4. The van der Waals surface area contributed by atoms with E-state index in [1.54, 1.807) is 19.2 Å². The van der Waals surface area contributed by atoms with Crippen molar-refractivity contribution in [2.24, 2.45) is 5.41 Å². The summed E-state index contributed by atoms with van der Waals surface area (Å²) in [5, 5.41) is 6.18. The maximum absolute atomic E-state index is 13.0. The van der Waals surface area contributed by atoms with Crippen LogP contribution in [-0.2, 0) is 21.5 Å². The second-order valence-electron chi connectivity index (χ2n) is 7.25. The number of carbonyl (C=O) groups excluding carboxylic acids is 1. The van der Waals surface area contributed by atoms with Crippen LogP contribution in [0.25, 0.3) is 0 Å². The fourth-order valence-corrected chi connectivity index (χ4v) is 5.21. The molecule has 1 aromatic rings. The molecule has 26 heavy (non-hydrogen) atoms. The van der Waals surface area contributed by atoms with Crippen molar-refractivity contribution < 1.29 is 23.0 Å². The summed E-state index contributed by atoms with van der Waals surface area (Å²) in [5.41, 5.74) is 0.247. The van der Waals surface area contributed by atoms with Crippen molar-refractivity contribution in [1.82, 2.24) is 10.6 Å². The smallest absolute Gasteiger partial charge is 0.387 e. The Morgan fingerprint density at radius 2 is 2.04 bits per heavy atom. The number of alkyl halides is 2. The molecule has 1 amide bonds. The highest BCUT2D eigenvalue weighted by atomic mass is 32.1. The molecule has 1 aromatic carbocycles. The molecule has 1 aliphatic heterocycles. The van der Waals surface area contributed by atoms with Crippen LogP contribution in [0.5, 0.6) is 5.75 Å². The van der Waals surface area contributed by atoms with E-state index in [1.807, 2.05) is 0 Å². The van der Waals surface area contributed by atoms with Crippen molar-refractivity contribution in [2.75, 3.05) is 7.11 Å². The number of rotatable bonds is 3. The molecule has 2 aliphatic carbocycles. The Labute approximate surface area is 155 Å². The lowest BCUT2D eigenvalue weighted by Gasteiger charge is -2.46. The Hall–Kier alpha value is -1.80. The first-order chi connectivity index (χ1) is 12.4. The van der Waals surface area contributed by atoms with Gasteiger partial charge in [-0.15, -0.1) is 0 Å². The SMILES string of the molecule is COC1CCC2(CC1)Cc1ccc(OC(F)F)cc1C21NC(=S)NC1=O. The van der Waals surface area contributed by atoms with E-state index in [9.17, 15) is 13.6 Å². The first-order valence-corrected chi connectivity index (χ1v) is 9.06. The molecule has 140 valence electrons. The van der Waals surface area contributed by atoms with E-state index in [0.717, 1.165) is 31.2 Å². The lowest BCUT2D eigenvalue weighted by molar-refractivity contribution is -0.131. The number of carbonyl (C=O) groups is 1. The van der Waals surface area contributed by atoms with Crippen molar-refractivity contribution in [3.05, 3.63) is 29.3 Å². The summed E-state index contributed by atoms with van der Waals surface area (Å²) in [7, 11) is 1.70. The number of ether oxygens (including phenoxy) is 2. The normalized spacial score (nSPS) is 32.8. The van der Waals surface area contributed by atoms with Gasteiger partial charge in [-0.3, -0.25) is 4.79 Å². The molecule has 0 radical (unpaired) electrons. The third kappa shape index (κ3) is 2.42. The van der Waals surface area contributed by atoms with Gasteiger partial charge in [0.05, 0.1) is 6.10 Å². The third-order valence-electron chi connectivity index (χ3n) is 6.13. The minimum atomic E-state index is -2.91. The fourth-order valence-electron chi connectivity index (χ4n) is 4.97. The van der Waals surface area contributed by atoms with Crippen molar-refractivity contribution in [1.29, 1.82) is 0 Å². The maximum atomic E-state index is 13.0. The summed E-state index contributed by atoms with van der Waals surface area (Å²) in [4.78, 5) is 13.0. The van der Waals surface area contributed by atoms with E-state index in [2.05, 4.69) is 15.4 Å². The molecule has 2 N–H and O–H groups in total. The number of methoxy groups -OCH3 is 1. The van der Waals surface area contributed by atoms with Crippen LogP contribution in [-0.4, -0.2) is 30.8 Å². The summed E-state index contributed by atoms with van der Waals surface area (Å²) in [6.45, 7) is -2.91.